The average Bonchev–Trinajstić information content (AvgIpc) is 2.87. The normalized spacial score (nSPS) is 20.1. The van der Waals surface area contributed by atoms with Crippen LogP contribution >= 0.6 is 11.6 Å². The monoisotopic (exact) mass is 316 g/mol. The lowest BCUT2D eigenvalue weighted by Gasteiger charge is -2.23. The van der Waals surface area contributed by atoms with Crippen LogP contribution in [0.5, 0.6) is 0 Å². The highest BCUT2D eigenvalue weighted by Crippen LogP contribution is 2.30. The number of hydrogen-bond acceptors (Lipinski definition) is 3. The number of hydrogen-bond donors (Lipinski definition) is 1. The summed E-state index contributed by atoms with van der Waals surface area (Å²) in [4.78, 5) is 11.8. The number of nitrogens with zero attached hydrogens (tertiary/aromatic N) is 1. The Balaban J connectivity index is 2.41. The van der Waals surface area contributed by atoms with Crippen LogP contribution in [-0.2, 0) is 14.8 Å². The number of benzene rings is 1. The molecule has 0 saturated carbocycles. The molecule has 1 aliphatic rings. The molecule has 1 N–H and O–H groups in total. The van der Waals surface area contributed by atoms with Crippen LogP contribution in [0.3, 0.4) is 0 Å². The molecule has 1 amide bonds. The Morgan fingerprint density at radius 2 is 2.15 bits per heavy atom. The van der Waals surface area contributed by atoms with Crippen molar-refractivity contribution >= 4 is 27.5 Å². The quantitative estimate of drug-likeness (QED) is 0.920. The molecule has 0 spiro atoms. The minimum absolute atomic E-state index is 0.0561. The highest BCUT2D eigenvalue weighted by Gasteiger charge is 2.39. The summed E-state index contributed by atoms with van der Waals surface area (Å²) in [5.41, 5.74) is 0.887. The molecule has 1 unspecified atom stereocenters. The van der Waals surface area contributed by atoms with E-state index in [0.29, 0.717) is 19.4 Å². The van der Waals surface area contributed by atoms with Gasteiger partial charge in [0.15, 0.2) is 0 Å². The van der Waals surface area contributed by atoms with E-state index in [1.807, 2.05) is 6.92 Å². The number of aryl methyl sites for hydroxylation is 1. The molecule has 1 aromatic carbocycles. The van der Waals surface area contributed by atoms with Gasteiger partial charge in [0.25, 0.3) is 0 Å². The number of sulfonamides is 1. The van der Waals surface area contributed by atoms with Gasteiger partial charge >= 0.3 is 0 Å². The van der Waals surface area contributed by atoms with Crippen molar-refractivity contribution < 1.29 is 13.2 Å². The van der Waals surface area contributed by atoms with Crippen molar-refractivity contribution in [1.29, 1.82) is 0 Å². The first-order chi connectivity index (χ1) is 9.37. The van der Waals surface area contributed by atoms with Crippen molar-refractivity contribution in [3.8, 4) is 0 Å². The summed E-state index contributed by atoms with van der Waals surface area (Å²) >= 11 is 6.05. The molecule has 7 heteroatoms. The van der Waals surface area contributed by atoms with Gasteiger partial charge in [-0.3, -0.25) is 4.79 Å². The van der Waals surface area contributed by atoms with Crippen LogP contribution in [0.4, 0.5) is 0 Å². The average molecular weight is 317 g/mol. The fourth-order valence-corrected chi connectivity index (χ4v) is 4.63. The van der Waals surface area contributed by atoms with E-state index in [9.17, 15) is 13.2 Å². The standard InChI is InChI=1S/C13H17ClN2O3S/c1-9-5-6-12(10(14)8-9)20(18,19)16-7-3-4-11(16)13(17)15-2/h5-6,8,11H,3-4,7H2,1-2H3,(H,15,17). The second kappa shape index (κ2) is 5.71. The molecule has 0 aromatic heterocycles. The van der Waals surface area contributed by atoms with Gasteiger partial charge in [-0.05, 0) is 37.5 Å². The van der Waals surface area contributed by atoms with Crippen LogP contribution in [0.1, 0.15) is 18.4 Å². The number of nitrogens with one attached hydrogen (secondary N) is 1. The smallest absolute Gasteiger partial charge is 0.245 e. The van der Waals surface area contributed by atoms with Crippen LogP contribution < -0.4 is 5.32 Å². The molecule has 1 saturated heterocycles. The molecular weight excluding hydrogens is 300 g/mol. The second-order valence-corrected chi connectivity index (χ2v) is 7.09. The molecule has 20 heavy (non-hydrogen) atoms. The SMILES string of the molecule is CNC(=O)C1CCCN1S(=O)(=O)c1ccc(C)cc1Cl. The number of halogens is 1. The van der Waals surface area contributed by atoms with E-state index in [1.54, 1.807) is 12.1 Å². The summed E-state index contributed by atoms with van der Waals surface area (Å²) in [6.07, 6.45) is 1.20. The lowest BCUT2D eigenvalue weighted by molar-refractivity contribution is -0.123. The third-order valence-electron chi connectivity index (χ3n) is 3.43. The number of carbonyl (C=O) groups excluding carboxylic acids is 1. The van der Waals surface area contributed by atoms with E-state index in [2.05, 4.69) is 5.32 Å². The third kappa shape index (κ3) is 2.68. The van der Waals surface area contributed by atoms with Gasteiger partial charge < -0.3 is 5.32 Å². The van der Waals surface area contributed by atoms with E-state index >= 15 is 0 Å². The van der Waals surface area contributed by atoms with Gasteiger partial charge in [0.05, 0.1) is 5.02 Å². The molecule has 1 heterocycles. The Bertz CT molecular complexity index is 631. The first-order valence-electron chi connectivity index (χ1n) is 6.37. The molecule has 5 nitrogen and oxygen atoms in total. The summed E-state index contributed by atoms with van der Waals surface area (Å²) < 4.78 is 26.6. The van der Waals surface area contributed by atoms with Crippen LogP contribution in [0.15, 0.2) is 23.1 Å². The lowest BCUT2D eigenvalue weighted by atomic mass is 10.2. The fraction of sp³-hybridized carbons (Fsp3) is 0.462. The zero-order valence-corrected chi connectivity index (χ0v) is 13.0. The maximum Gasteiger partial charge on any atom is 0.245 e. The number of likely N-dealkylation sites (N-methyl/N-ethyl adjacent to an activating group) is 1. The molecule has 0 aliphatic carbocycles. The lowest BCUT2D eigenvalue weighted by Crippen LogP contribution is -2.44. The molecule has 1 aromatic rings. The molecule has 110 valence electrons. The van der Waals surface area contributed by atoms with Crippen molar-refractivity contribution in [3.63, 3.8) is 0 Å². The topological polar surface area (TPSA) is 66.5 Å². The first kappa shape index (κ1) is 15.3. The van der Waals surface area contributed by atoms with E-state index in [0.717, 1.165) is 5.56 Å². The summed E-state index contributed by atoms with van der Waals surface area (Å²) in [6.45, 7) is 2.18. The minimum Gasteiger partial charge on any atom is -0.358 e. The predicted octanol–water partition coefficient (Wildman–Crippen LogP) is 1.55. The minimum atomic E-state index is -3.75. The highest BCUT2D eigenvalue weighted by atomic mass is 35.5. The highest BCUT2D eigenvalue weighted by molar-refractivity contribution is 7.89. The largest absolute Gasteiger partial charge is 0.358 e. The van der Waals surface area contributed by atoms with Gasteiger partial charge in [-0.1, -0.05) is 17.7 Å². The van der Waals surface area contributed by atoms with Crippen molar-refractivity contribution in [1.82, 2.24) is 9.62 Å². The van der Waals surface area contributed by atoms with Gasteiger partial charge in [-0.15, -0.1) is 0 Å². The zero-order valence-electron chi connectivity index (χ0n) is 11.4. The van der Waals surface area contributed by atoms with E-state index < -0.39 is 16.1 Å². The maximum atomic E-state index is 12.7. The third-order valence-corrected chi connectivity index (χ3v) is 5.82. The molecule has 2 rings (SSSR count). The van der Waals surface area contributed by atoms with Gasteiger partial charge in [0, 0.05) is 13.6 Å². The first-order valence-corrected chi connectivity index (χ1v) is 8.19. The van der Waals surface area contributed by atoms with Crippen molar-refractivity contribution in [3.05, 3.63) is 28.8 Å². The van der Waals surface area contributed by atoms with Crippen molar-refractivity contribution in [2.24, 2.45) is 0 Å². The van der Waals surface area contributed by atoms with E-state index in [1.165, 1.54) is 17.4 Å². The van der Waals surface area contributed by atoms with Crippen molar-refractivity contribution in [2.75, 3.05) is 13.6 Å². The summed E-state index contributed by atoms with van der Waals surface area (Å²) in [5.74, 6) is -0.283. The molecule has 0 bridgehead atoms. The summed E-state index contributed by atoms with van der Waals surface area (Å²) in [5, 5.41) is 2.69. The number of amides is 1. The zero-order chi connectivity index (χ0) is 14.9. The van der Waals surface area contributed by atoms with Gasteiger partial charge in [-0.2, -0.15) is 4.31 Å². The van der Waals surface area contributed by atoms with Crippen LogP contribution in [-0.4, -0.2) is 38.3 Å². The Hall–Kier alpha value is -1.11. The van der Waals surface area contributed by atoms with Crippen LogP contribution in [0, 0.1) is 6.92 Å². The maximum absolute atomic E-state index is 12.7. The van der Waals surface area contributed by atoms with Gasteiger partial charge in [0.2, 0.25) is 15.9 Å². The molecule has 0 radical (unpaired) electrons. The Morgan fingerprint density at radius 1 is 1.45 bits per heavy atom. The van der Waals surface area contributed by atoms with Gasteiger partial charge in [0.1, 0.15) is 10.9 Å². The Morgan fingerprint density at radius 3 is 2.75 bits per heavy atom. The van der Waals surface area contributed by atoms with E-state index in [4.69, 9.17) is 11.6 Å². The molecule has 1 atom stereocenters. The second-order valence-electron chi connectivity index (χ2n) is 4.82. The summed E-state index contributed by atoms with van der Waals surface area (Å²) in [7, 11) is -2.25. The Labute approximate surface area is 124 Å². The molecule has 1 fully saturated rings. The van der Waals surface area contributed by atoms with Crippen LogP contribution in [0.25, 0.3) is 0 Å². The summed E-state index contributed by atoms with van der Waals surface area (Å²) in [6, 6.07) is 4.15. The number of rotatable bonds is 3. The molecule has 1 aliphatic heterocycles. The fourth-order valence-electron chi connectivity index (χ4n) is 2.40. The molecular formula is C13H17ClN2O3S. The van der Waals surface area contributed by atoms with Crippen LogP contribution in [0.2, 0.25) is 5.02 Å². The van der Waals surface area contributed by atoms with Crippen molar-refractivity contribution in [2.45, 2.75) is 30.7 Å². The number of carbonyl (C=O) groups is 1. The predicted molar refractivity (Wildman–Crippen MR) is 77.2 cm³/mol. The Kier molecular flexibility index (Phi) is 4.36. The van der Waals surface area contributed by atoms with E-state index in [-0.39, 0.29) is 15.8 Å². The van der Waals surface area contributed by atoms with Gasteiger partial charge in [-0.25, -0.2) is 8.42 Å².